The Morgan fingerprint density at radius 3 is 2.25 bits per heavy atom. The maximum absolute atomic E-state index is 12.7. The van der Waals surface area contributed by atoms with Crippen LogP contribution in [0, 0.1) is 0 Å². The van der Waals surface area contributed by atoms with Gasteiger partial charge in [0.1, 0.15) is 12.1 Å². The molecule has 0 aliphatic rings. The van der Waals surface area contributed by atoms with Gasteiger partial charge in [0, 0.05) is 6.42 Å². The number of primary amides is 1. The number of rotatable bonds is 14. The maximum atomic E-state index is 12.7. The molecule has 3 atom stereocenters. The zero-order valence-corrected chi connectivity index (χ0v) is 18.5. The SMILES string of the molecule is CSCCC(N)C(=O)NC(Cc1ccccc1)C(=O)NCC(=O)NC(CC(N)=O)C(=O)O. The first-order valence-corrected chi connectivity index (χ1v) is 11.2. The Balaban J connectivity index is 2.77. The van der Waals surface area contributed by atoms with Crippen LogP contribution in [0.3, 0.4) is 0 Å². The van der Waals surface area contributed by atoms with Crippen LogP contribution in [-0.2, 0) is 30.4 Å². The van der Waals surface area contributed by atoms with Crippen LogP contribution in [0.1, 0.15) is 18.4 Å². The Kier molecular flexibility index (Phi) is 11.8. The molecular formula is C20H29N5O6S. The standard InChI is InChI=1S/C20H29N5O6S/c1-32-8-7-13(21)18(28)25-14(9-12-5-3-2-4-6-12)19(29)23-11-17(27)24-15(20(30)31)10-16(22)26/h2-6,13-15H,7-11,21H2,1H3,(H2,22,26)(H,23,29)(H,24,27)(H,25,28)(H,30,31). The predicted octanol–water partition coefficient (Wildman–Crippen LogP) is -1.64. The summed E-state index contributed by atoms with van der Waals surface area (Å²) in [6.45, 7) is -0.555. The number of carbonyl (C=O) groups excluding carboxylic acids is 4. The quantitative estimate of drug-likeness (QED) is 0.187. The Labute approximate surface area is 190 Å². The highest BCUT2D eigenvalue weighted by Crippen LogP contribution is 2.05. The van der Waals surface area contributed by atoms with Crippen molar-refractivity contribution in [3.8, 4) is 0 Å². The van der Waals surface area contributed by atoms with Crippen molar-refractivity contribution >= 4 is 41.4 Å². The Hall–Kier alpha value is -3.12. The first kappa shape index (κ1) is 26.9. The van der Waals surface area contributed by atoms with E-state index in [0.29, 0.717) is 12.2 Å². The van der Waals surface area contributed by atoms with E-state index >= 15 is 0 Å². The number of benzene rings is 1. The number of nitrogens with two attached hydrogens (primary N) is 2. The lowest BCUT2D eigenvalue weighted by atomic mass is 10.0. The van der Waals surface area contributed by atoms with E-state index in [1.807, 2.05) is 12.3 Å². The first-order chi connectivity index (χ1) is 15.1. The fourth-order valence-corrected chi connectivity index (χ4v) is 3.14. The summed E-state index contributed by atoms with van der Waals surface area (Å²) in [4.78, 5) is 59.1. The molecule has 0 radical (unpaired) electrons. The van der Waals surface area contributed by atoms with E-state index in [1.165, 1.54) is 0 Å². The molecule has 0 spiro atoms. The van der Waals surface area contributed by atoms with Gasteiger partial charge in [-0.3, -0.25) is 19.2 Å². The number of hydrogen-bond acceptors (Lipinski definition) is 7. The van der Waals surface area contributed by atoms with Gasteiger partial charge in [-0.2, -0.15) is 11.8 Å². The number of amides is 4. The first-order valence-electron chi connectivity index (χ1n) is 9.81. The molecule has 0 aromatic heterocycles. The second-order valence-corrected chi connectivity index (χ2v) is 7.97. The zero-order valence-electron chi connectivity index (χ0n) is 17.7. The predicted molar refractivity (Wildman–Crippen MR) is 119 cm³/mol. The maximum Gasteiger partial charge on any atom is 0.326 e. The van der Waals surface area contributed by atoms with Crippen LogP contribution in [0.2, 0.25) is 0 Å². The van der Waals surface area contributed by atoms with E-state index in [9.17, 15) is 24.0 Å². The fraction of sp³-hybridized carbons (Fsp3) is 0.450. The van der Waals surface area contributed by atoms with E-state index in [-0.39, 0.29) is 6.42 Å². The third kappa shape index (κ3) is 10.3. The van der Waals surface area contributed by atoms with Crippen molar-refractivity contribution in [2.45, 2.75) is 37.4 Å². The highest BCUT2D eigenvalue weighted by atomic mass is 32.2. The molecule has 0 aliphatic carbocycles. The third-order valence-electron chi connectivity index (χ3n) is 4.35. The van der Waals surface area contributed by atoms with Crippen LogP contribution in [-0.4, -0.2) is 71.4 Å². The van der Waals surface area contributed by atoms with Crippen molar-refractivity contribution < 1.29 is 29.1 Å². The summed E-state index contributed by atoms with van der Waals surface area (Å²) in [5, 5.41) is 16.1. The minimum atomic E-state index is -1.51. The summed E-state index contributed by atoms with van der Waals surface area (Å²) in [5.74, 6) is -3.61. The van der Waals surface area contributed by atoms with Crippen LogP contribution in [0.15, 0.2) is 30.3 Å². The molecule has 8 N–H and O–H groups in total. The van der Waals surface area contributed by atoms with Gasteiger partial charge in [-0.25, -0.2) is 4.79 Å². The second-order valence-electron chi connectivity index (χ2n) is 6.99. The molecule has 0 fully saturated rings. The summed E-state index contributed by atoms with van der Waals surface area (Å²) in [7, 11) is 0. The number of hydrogen-bond donors (Lipinski definition) is 6. The van der Waals surface area contributed by atoms with E-state index in [0.717, 1.165) is 5.56 Å². The van der Waals surface area contributed by atoms with Crippen molar-refractivity contribution in [1.29, 1.82) is 0 Å². The number of aliphatic carboxylic acids is 1. The second kappa shape index (κ2) is 14.0. The largest absolute Gasteiger partial charge is 0.480 e. The lowest BCUT2D eigenvalue weighted by Gasteiger charge is -2.21. The normalized spacial score (nSPS) is 13.3. The average Bonchev–Trinajstić information content (AvgIpc) is 2.75. The van der Waals surface area contributed by atoms with Crippen LogP contribution >= 0.6 is 11.8 Å². The summed E-state index contributed by atoms with van der Waals surface area (Å²) >= 11 is 1.54. The van der Waals surface area contributed by atoms with Crippen molar-refractivity contribution in [3.63, 3.8) is 0 Å². The fourth-order valence-electron chi connectivity index (χ4n) is 2.65. The summed E-state index contributed by atoms with van der Waals surface area (Å²) in [6, 6.07) is 5.66. The lowest BCUT2D eigenvalue weighted by molar-refractivity contribution is -0.143. The summed E-state index contributed by atoms with van der Waals surface area (Å²) in [6.07, 6.45) is 1.90. The van der Waals surface area contributed by atoms with Gasteiger partial charge in [0.05, 0.1) is 19.0 Å². The van der Waals surface area contributed by atoms with Crippen LogP contribution in [0.25, 0.3) is 0 Å². The third-order valence-corrected chi connectivity index (χ3v) is 4.99. The molecule has 12 heteroatoms. The molecule has 0 saturated heterocycles. The molecule has 0 bridgehead atoms. The molecule has 1 aromatic rings. The van der Waals surface area contributed by atoms with E-state index in [1.54, 1.807) is 36.0 Å². The van der Waals surface area contributed by atoms with Gasteiger partial charge in [0.25, 0.3) is 0 Å². The van der Waals surface area contributed by atoms with Crippen LogP contribution in [0.5, 0.6) is 0 Å². The highest BCUT2D eigenvalue weighted by molar-refractivity contribution is 7.98. The molecule has 0 saturated carbocycles. The minimum absolute atomic E-state index is 0.161. The molecule has 176 valence electrons. The monoisotopic (exact) mass is 467 g/mol. The average molecular weight is 468 g/mol. The van der Waals surface area contributed by atoms with Crippen molar-refractivity contribution in [3.05, 3.63) is 35.9 Å². The topological polar surface area (TPSA) is 194 Å². The smallest absolute Gasteiger partial charge is 0.326 e. The molecule has 3 unspecified atom stereocenters. The van der Waals surface area contributed by atoms with Crippen molar-refractivity contribution in [2.75, 3.05) is 18.6 Å². The molecule has 0 heterocycles. The minimum Gasteiger partial charge on any atom is -0.480 e. The summed E-state index contributed by atoms with van der Waals surface area (Å²) < 4.78 is 0. The molecule has 1 rings (SSSR count). The number of nitrogens with one attached hydrogen (secondary N) is 3. The van der Waals surface area contributed by atoms with Gasteiger partial charge in [-0.15, -0.1) is 0 Å². The lowest BCUT2D eigenvalue weighted by Crippen LogP contribution is -2.54. The Morgan fingerprint density at radius 1 is 1.03 bits per heavy atom. The Morgan fingerprint density at radius 2 is 1.69 bits per heavy atom. The van der Waals surface area contributed by atoms with Gasteiger partial charge in [0.15, 0.2) is 0 Å². The molecule has 11 nitrogen and oxygen atoms in total. The number of thioether (sulfide) groups is 1. The van der Waals surface area contributed by atoms with Gasteiger partial charge in [-0.1, -0.05) is 30.3 Å². The number of carbonyl (C=O) groups is 5. The Bertz CT molecular complexity index is 807. The molecule has 1 aromatic carbocycles. The number of carboxylic acid groups (broad SMARTS) is 1. The van der Waals surface area contributed by atoms with Gasteiger partial charge < -0.3 is 32.5 Å². The van der Waals surface area contributed by atoms with E-state index < -0.39 is 60.7 Å². The zero-order chi connectivity index (χ0) is 24.1. The molecular weight excluding hydrogens is 438 g/mol. The molecule has 32 heavy (non-hydrogen) atoms. The molecule has 0 aliphatic heterocycles. The van der Waals surface area contributed by atoms with Crippen LogP contribution in [0.4, 0.5) is 0 Å². The van der Waals surface area contributed by atoms with Crippen LogP contribution < -0.4 is 27.4 Å². The van der Waals surface area contributed by atoms with Gasteiger partial charge in [-0.05, 0) is 24.0 Å². The highest BCUT2D eigenvalue weighted by Gasteiger charge is 2.26. The van der Waals surface area contributed by atoms with E-state index in [2.05, 4.69) is 16.0 Å². The van der Waals surface area contributed by atoms with Gasteiger partial charge >= 0.3 is 5.97 Å². The summed E-state index contributed by atoms with van der Waals surface area (Å²) in [5.41, 5.74) is 11.6. The number of carboxylic acids is 1. The van der Waals surface area contributed by atoms with Crippen molar-refractivity contribution in [1.82, 2.24) is 16.0 Å². The van der Waals surface area contributed by atoms with E-state index in [4.69, 9.17) is 16.6 Å². The molecule has 4 amide bonds. The van der Waals surface area contributed by atoms with Gasteiger partial charge in [0.2, 0.25) is 23.6 Å². The van der Waals surface area contributed by atoms with Crippen molar-refractivity contribution in [2.24, 2.45) is 11.5 Å².